The fourth-order valence-corrected chi connectivity index (χ4v) is 4.00. The first-order chi connectivity index (χ1) is 16.1. The average Bonchev–Trinajstić information content (AvgIpc) is 3.48. The number of fused-ring (bicyclic) bond motifs is 1. The molecule has 0 radical (unpaired) electrons. The lowest BCUT2D eigenvalue weighted by Crippen LogP contribution is -2.49. The van der Waals surface area contributed by atoms with Gasteiger partial charge in [-0.1, -0.05) is 24.1 Å². The number of anilines is 3. The third kappa shape index (κ3) is 4.23. The van der Waals surface area contributed by atoms with Crippen LogP contribution in [0.3, 0.4) is 0 Å². The number of aromatic amines is 1. The number of rotatable bonds is 5. The molecule has 33 heavy (non-hydrogen) atoms. The lowest BCUT2D eigenvalue weighted by Gasteiger charge is -2.35. The predicted molar refractivity (Wildman–Crippen MR) is 126 cm³/mol. The zero-order chi connectivity index (χ0) is 22.8. The van der Waals surface area contributed by atoms with Crippen LogP contribution >= 0.6 is 0 Å². The number of terminal acetylenes is 1. The van der Waals surface area contributed by atoms with Gasteiger partial charge in [0.2, 0.25) is 11.9 Å². The van der Waals surface area contributed by atoms with E-state index in [0.717, 1.165) is 22.3 Å². The molecule has 0 atom stereocenters. The first kappa shape index (κ1) is 20.6. The predicted octanol–water partition coefficient (Wildman–Crippen LogP) is 2.38. The molecule has 2 N–H and O–H groups in total. The quantitative estimate of drug-likeness (QED) is 0.463. The van der Waals surface area contributed by atoms with Crippen LogP contribution in [0.4, 0.5) is 17.6 Å². The Labute approximate surface area is 191 Å². The van der Waals surface area contributed by atoms with Gasteiger partial charge in [-0.25, -0.2) is 4.52 Å². The number of benzene rings is 1. The Kier molecular flexibility index (Phi) is 5.40. The summed E-state index contributed by atoms with van der Waals surface area (Å²) < 4.78 is 1.80. The summed E-state index contributed by atoms with van der Waals surface area (Å²) in [6, 6.07) is 13.4. The van der Waals surface area contributed by atoms with Gasteiger partial charge in [0, 0.05) is 49.7 Å². The monoisotopic (exact) mass is 440 g/mol. The fraction of sp³-hybridized carbons (Fsp3) is 0.250. The van der Waals surface area contributed by atoms with Gasteiger partial charge >= 0.3 is 0 Å². The molecule has 0 saturated carbocycles. The molecule has 1 saturated heterocycles. The van der Waals surface area contributed by atoms with E-state index in [4.69, 9.17) is 11.4 Å². The van der Waals surface area contributed by atoms with Crippen molar-refractivity contribution in [3.8, 4) is 12.3 Å². The van der Waals surface area contributed by atoms with E-state index in [1.807, 2.05) is 60.5 Å². The lowest BCUT2D eigenvalue weighted by molar-refractivity contribution is -0.130. The first-order valence-electron chi connectivity index (χ1n) is 10.8. The molecule has 1 aliphatic rings. The van der Waals surface area contributed by atoms with Crippen molar-refractivity contribution in [2.45, 2.75) is 13.3 Å². The van der Waals surface area contributed by atoms with Crippen LogP contribution in [0, 0.1) is 19.3 Å². The summed E-state index contributed by atoms with van der Waals surface area (Å²) in [5, 5.41) is 15.1. The zero-order valence-corrected chi connectivity index (χ0v) is 18.3. The van der Waals surface area contributed by atoms with Gasteiger partial charge < -0.3 is 15.1 Å². The topological polar surface area (TPSA) is 94.5 Å². The van der Waals surface area contributed by atoms with Crippen molar-refractivity contribution < 1.29 is 4.79 Å². The van der Waals surface area contributed by atoms with Crippen molar-refractivity contribution in [1.82, 2.24) is 29.7 Å². The molecule has 0 aliphatic carbocycles. The molecule has 9 heteroatoms. The normalized spacial score (nSPS) is 13.8. The molecule has 1 aliphatic heterocycles. The van der Waals surface area contributed by atoms with Crippen molar-refractivity contribution in [3.63, 3.8) is 0 Å². The molecule has 0 unspecified atom stereocenters. The van der Waals surface area contributed by atoms with E-state index in [0.29, 0.717) is 50.2 Å². The number of hydrogen-bond acceptors (Lipinski definition) is 6. The molecule has 1 fully saturated rings. The van der Waals surface area contributed by atoms with Gasteiger partial charge in [-0.05, 0) is 30.7 Å². The van der Waals surface area contributed by atoms with Crippen LogP contribution in [0.15, 0.2) is 48.7 Å². The van der Waals surface area contributed by atoms with Crippen molar-refractivity contribution in [3.05, 3.63) is 65.5 Å². The number of aryl methyl sites for hydroxylation is 1. The number of aromatic nitrogens is 5. The lowest BCUT2D eigenvalue weighted by atomic mass is 10.0. The Morgan fingerprint density at radius 1 is 1.18 bits per heavy atom. The third-order valence-electron chi connectivity index (χ3n) is 5.76. The number of amides is 1. The smallest absolute Gasteiger partial charge is 0.245 e. The minimum atomic E-state index is 0.0791. The van der Waals surface area contributed by atoms with E-state index in [1.165, 1.54) is 0 Å². The van der Waals surface area contributed by atoms with Gasteiger partial charge in [-0.15, -0.1) is 11.5 Å². The Morgan fingerprint density at radius 3 is 2.76 bits per heavy atom. The number of carbonyl (C=O) groups excluding carboxylic acids is 1. The summed E-state index contributed by atoms with van der Waals surface area (Å²) in [6.45, 7) is 4.45. The summed E-state index contributed by atoms with van der Waals surface area (Å²) in [4.78, 5) is 21.6. The minimum absolute atomic E-state index is 0.0791. The number of carbonyl (C=O) groups is 1. The van der Waals surface area contributed by atoms with E-state index in [1.54, 1.807) is 4.52 Å². The van der Waals surface area contributed by atoms with Gasteiger partial charge in [-0.3, -0.25) is 9.89 Å². The Bertz CT molecular complexity index is 1340. The Balaban J connectivity index is 1.29. The minimum Gasteiger partial charge on any atom is -0.339 e. The highest BCUT2D eigenvalue weighted by atomic mass is 16.2. The Hall–Kier alpha value is -4.32. The Morgan fingerprint density at radius 2 is 2.00 bits per heavy atom. The van der Waals surface area contributed by atoms with Gasteiger partial charge in [0.05, 0.1) is 6.42 Å². The molecular formula is C24H24N8O. The summed E-state index contributed by atoms with van der Waals surface area (Å²) in [6.07, 6.45) is 7.77. The fourth-order valence-electron chi connectivity index (χ4n) is 4.00. The van der Waals surface area contributed by atoms with E-state index in [2.05, 4.69) is 31.4 Å². The van der Waals surface area contributed by atoms with Gasteiger partial charge in [-0.2, -0.15) is 10.1 Å². The molecule has 3 aromatic heterocycles. The van der Waals surface area contributed by atoms with Crippen LogP contribution in [0.25, 0.3) is 5.52 Å². The van der Waals surface area contributed by atoms with Crippen molar-refractivity contribution in [2.75, 3.05) is 36.4 Å². The summed E-state index contributed by atoms with van der Waals surface area (Å²) in [7, 11) is 0. The first-order valence-corrected chi connectivity index (χ1v) is 10.8. The summed E-state index contributed by atoms with van der Waals surface area (Å²) in [5.41, 5.74) is 3.48. The molecule has 0 bridgehead atoms. The number of hydrogen-bond donors (Lipinski definition) is 2. The summed E-state index contributed by atoms with van der Waals surface area (Å²) >= 11 is 0. The van der Waals surface area contributed by atoms with Crippen LogP contribution in [-0.2, 0) is 11.2 Å². The largest absolute Gasteiger partial charge is 0.339 e. The third-order valence-corrected chi connectivity index (χ3v) is 5.76. The van der Waals surface area contributed by atoms with Gasteiger partial charge in [0.25, 0.3) is 0 Å². The SMILES string of the molecule is C#Cc1ccccc1CC(=O)N1CCN(c2nc(Nc3cc(C)[nH]n3)c3cccn3n2)CC1. The second-order valence-corrected chi connectivity index (χ2v) is 8.01. The maximum atomic E-state index is 12.9. The molecule has 1 aromatic carbocycles. The molecular weight excluding hydrogens is 416 g/mol. The number of nitrogens with zero attached hydrogens (tertiary/aromatic N) is 6. The standard InChI is InChI=1S/C24H24N8O/c1-3-18-7-4-5-8-19(18)16-22(33)30-11-13-31(14-12-30)24-26-23(20-9-6-10-32(20)29-24)25-21-15-17(2)27-28-21/h1,4-10,15H,11-14,16H2,2H3,(H2,25,26,27,28,29). The van der Waals surface area contributed by atoms with E-state index in [9.17, 15) is 4.79 Å². The molecule has 5 rings (SSSR count). The van der Waals surface area contributed by atoms with E-state index >= 15 is 0 Å². The molecule has 166 valence electrons. The second kappa shape index (κ2) is 8.67. The number of piperazine rings is 1. The summed E-state index contributed by atoms with van der Waals surface area (Å²) in [5.74, 6) is 4.73. The molecule has 4 aromatic rings. The van der Waals surface area contributed by atoms with Crippen LogP contribution < -0.4 is 10.2 Å². The van der Waals surface area contributed by atoms with Crippen LogP contribution in [0.2, 0.25) is 0 Å². The number of nitrogens with one attached hydrogen (secondary N) is 2. The van der Waals surface area contributed by atoms with Crippen LogP contribution in [-0.4, -0.2) is 61.8 Å². The highest BCUT2D eigenvalue weighted by molar-refractivity contribution is 5.80. The van der Waals surface area contributed by atoms with E-state index < -0.39 is 0 Å². The van der Waals surface area contributed by atoms with Crippen LogP contribution in [0.5, 0.6) is 0 Å². The van der Waals surface area contributed by atoms with E-state index in [-0.39, 0.29) is 5.91 Å². The average molecular weight is 441 g/mol. The highest BCUT2D eigenvalue weighted by Gasteiger charge is 2.24. The molecule has 0 spiro atoms. The maximum Gasteiger partial charge on any atom is 0.245 e. The van der Waals surface area contributed by atoms with Crippen molar-refractivity contribution in [2.24, 2.45) is 0 Å². The zero-order valence-electron chi connectivity index (χ0n) is 18.3. The van der Waals surface area contributed by atoms with Gasteiger partial charge in [0.1, 0.15) is 5.52 Å². The highest BCUT2D eigenvalue weighted by Crippen LogP contribution is 2.23. The molecule has 4 heterocycles. The van der Waals surface area contributed by atoms with Crippen molar-refractivity contribution in [1.29, 1.82) is 0 Å². The second-order valence-electron chi connectivity index (χ2n) is 8.01. The van der Waals surface area contributed by atoms with Crippen LogP contribution in [0.1, 0.15) is 16.8 Å². The molecule has 9 nitrogen and oxygen atoms in total. The molecule has 1 amide bonds. The number of H-pyrrole nitrogens is 1. The van der Waals surface area contributed by atoms with Crippen molar-refractivity contribution >= 4 is 29.0 Å². The maximum absolute atomic E-state index is 12.9. The van der Waals surface area contributed by atoms with Gasteiger partial charge in [0.15, 0.2) is 11.6 Å².